The first-order valence-corrected chi connectivity index (χ1v) is 9.40. The highest BCUT2D eigenvalue weighted by Gasteiger charge is 2.32. The highest BCUT2D eigenvalue weighted by Crippen LogP contribution is 2.27. The Balaban J connectivity index is 1.65. The molecule has 2 amide bonds. The minimum absolute atomic E-state index is 0.0847. The molecule has 0 bridgehead atoms. The van der Waals surface area contributed by atoms with Crippen LogP contribution in [0.3, 0.4) is 0 Å². The summed E-state index contributed by atoms with van der Waals surface area (Å²) in [6, 6.07) is 13.1. The summed E-state index contributed by atoms with van der Waals surface area (Å²) in [4.78, 5) is 29.0. The molecular weight excluding hydrogens is 362 g/mol. The number of hydrogen-bond acceptors (Lipinski definition) is 5. The number of nitrogens with one attached hydrogen (secondary N) is 2. The third-order valence-corrected chi connectivity index (χ3v) is 5.26. The minimum atomic E-state index is -0.501. The fraction of sp³-hybridized carbons (Fsp3) is 0.250. The van der Waals surface area contributed by atoms with Crippen LogP contribution in [0.5, 0.6) is 5.75 Å². The van der Waals surface area contributed by atoms with Gasteiger partial charge in [-0.2, -0.15) is 0 Å². The number of anilines is 1. The van der Waals surface area contributed by atoms with Gasteiger partial charge < -0.3 is 15.4 Å². The van der Waals surface area contributed by atoms with Gasteiger partial charge >= 0.3 is 0 Å². The van der Waals surface area contributed by atoms with E-state index in [9.17, 15) is 9.59 Å². The Morgan fingerprint density at radius 2 is 1.93 bits per heavy atom. The van der Waals surface area contributed by atoms with Crippen molar-refractivity contribution in [3.05, 3.63) is 53.6 Å². The van der Waals surface area contributed by atoms with E-state index in [2.05, 4.69) is 15.6 Å². The summed E-state index contributed by atoms with van der Waals surface area (Å²) >= 11 is 1.26. The lowest BCUT2D eigenvalue weighted by atomic mass is 10.1. The molecule has 2 aromatic rings. The number of benzene rings is 2. The summed E-state index contributed by atoms with van der Waals surface area (Å²) in [5.41, 5.74) is 3.47. The van der Waals surface area contributed by atoms with Crippen molar-refractivity contribution in [1.82, 2.24) is 5.32 Å². The SMILES string of the molecule is COc1cccc(N=C2NC(=O)[C@H](CC(=O)Nc3c(C)cccc3C)S2)c1. The second-order valence-corrected chi connectivity index (χ2v) is 7.42. The molecule has 0 aliphatic carbocycles. The number of amides is 2. The van der Waals surface area contributed by atoms with Crippen LogP contribution in [0.15, 0.2) is 47.5 Å². The topological polar surface area (TPSA) is 79.8 Å². The average molecular weight is 383 g/mol. The molecule has 1 saturated heterocycles. The van der Waals surface area contributed by atoms with Crippen molar-refractivity contribution in [2.24, 2.45) is 4.99 Å². The predicted octanol–water partition coefficient (Wildman–Crippen LogP) is 3.56. The van der Waals surface area contributed by atoms with Crippen LogP contribution >= 0.6 is 11.8 Å². The summed E-state index contributed by atoms with van der Waals surface area (Å²) in [6.07, 6.45) is 0.0847. The Bertz CT molecular complexity index is 891. The van der Waals surface area contributed by atoms with Crippen molar-refractivity contribution in [1.29, 1.82) is 0 Å². The van der Waals surface area contributed by atoms with Gasteiger partial charge in [-0.1, -0.05) is 36.0 Å². The van der Waals surface area contributed by atoms with Gasteiger partial charge in [0.05, 0.1) is 12.8 Å². The molecule has 6 nitrogen and oxygen atoms in total. The van der Waals surface area contributed by atoms with Crippen LogP contribution in [0.25, 0.3) is 0 Å². The number of ether oxygens (including phenoxy) is 1. The molecule has 1 heterocycles. The number of nitrogens with zero attached hydrogens (tertiary/aromatic N) is 1. The van der Waals surface area contributed by atoms with E-state index in [-0.39, 0.29) is 18.2 Å². The molecule has 2 aromatic carbocycles. The smallest absolute Gasteiger partial charge is 0.240 e. The van der Waals surface area contributed by atoms with Gasteiger partial charge in [0.15, 0.2) is 5.17 Å². The first-order chi connectivity index (χ1) is 13.0. The highest BCUT2D eigenvalue weighted by atomic mass is 32.2. The zero-order valence-electron chi connectivity index (χ0n) is 15.4. The molecule has 1 fully saturated rings. The number of methoxy groups -OCH3 is 1. The van der Waals surface area contributed by atoms with E-state index in [1.165, 1.54) is 11.8 Å². The molecule has 0 aromatic heterocycles. The van der Waals surface area contributed by atoms with Crippen molar-refractivity contribution >= 4 is 40.1 Å². The summed E-state index contributed by atoms with van der Waals surface area (Å²) in [5, 5.41) is 5.64. The zero-order valence-corrected chi connectivity index (χ0v) is 16.2. The monoisotopic (exact) mass is 383 g/mol. The predicted molar refractivity (Wildman–Crippen MR) is 109 cm³/mol. The molecule has 1 atom stereocenters. The van der Waals surface area contributed by atoms with Gasteiger partial charge in [0, 0.05) is 18.2 Å². The standard InChI is InChI=1S/C20H21N3O3S/c1-12-6-4-7-13(2)18(12)22-17(24)11-16-19(25)23-20(27-16)21-14-8-5-9-15(10-14)26-3/h4-10,16H,11H2,1-3H3,(H,22,24)(H,21,23,25)/t16-/m0/s1. The van der Waals surface area contributed by atoms with Crippen molar-refractivity contribution in [3.8, 4) is 5.75 Å². The van der Waals surface area contributed by atoms with Crippen molar-refractivity contribution < 1.29 is 14.3 Å². The van der Waals surface area contributed by atoms with Gasteiger partial charge in [0.1, 0.15) is 11.0 Å². The number of carbonyl (C=O) groups is 2. The Morgan fingerprint density at radius 3 is 2.63 bits per heavy atom. The third-order valence-electron chi connectivity index (χ3n) is 4.18. The fourth-order valence-electron chi connectivity index (χ4n) is 2.76. The summed E-state index contributed by atoms with van der Waals surface area (Å²) in [5.74, 6) is 0.289. The quantitative estimate of drug-likeness (QED) is 0.827. The van der Waals surface area contributed by atoms with Crippen molar-refractivity contribution in [2.75, 3.05) is 12.4 Å². The normalized spacial score (nSPS) is 17.7. The Kier molecular flexibility index (Phi) is 5.81. The molecule has 0 unspecified atom stereocenters. The molecule has 3 rings (SSSR count). The number of thioether (sulfide) groups is 1. The third kappa shape index (κ3) is 4.68. The van der Waals surface area contributed by atoms with Crippen LogP contribution in [0.2, 0.25) is 0 Å². The molecular formula is C20H21N3O3S. The molecule has 27 heavy (non-hydrogen) atoms. The number of amidine groups is 1. The van der Waals surface area contributed by atoms with Crippen LogP contribution in [0, 0.1) is 13.8 Å². The van der Waals surface area contributed by atoms with Gasteiger partial charge in [-0.15, -0.1) is 0 Å². The van der Waals surface area contributed by atoms with Crippen molar-refractivity contribution in [3.63, 3.8) is 0 Å². The van der Waals surface area contributed by atoms with E-state index in [4.69, 9.17) is 4.74 Å². The van der Waals surface area contributed by atoms with Gasteiger partial charge in [-0.3, -0.25) is 9.59 Å². The first kappa shape index (κ1) is 19.0. The number of para-hydroxylation sites is 1. The second kappa shape index (κ2) is 8.26. The molecule has 0 saturated carbocycles. The van der Waals surface area contributed by atoms with E-state index >= 15 is 0 Å². The van der Waals surface area contributed by atoms with E-state index in [1.807, 2.05) is 50.2 Å². The van der Waals surface area contributed by atoms with Crippen molar-refractivity contribution in [2.45, 2.75) is 25.5 Å². The van der Waals surface area contributed by atoms with E-state index in [0.717, 1.165) is 16.8 Å². The second-order valence-electron chi connectivity index (χ2n) is 6.23. The molecule has 1 aliphatic heterocycles. The van der Waals surface area contributed by atoms with E-state index < -0.39 is 5.25 Å². The van der Waals surface area contributed by atoms with Gasteiger partial charge in [-0.05, 0) is 37.1 Å². The number of carbonyl (C=O) groups excluding carboxylic acids is 2. The first-order valence-electron chi connectivity index (χ1n) is 8.52. The van der Waals surface area contributed by atoms with Crippen LogP contribution in [0.1, 0.15) is 17.5 Å². The number of aliphatic imine (C=N–C) groups is 1. The van der Waals surface area contributed by atoms with Crippen LogP contribution in [-0.2, 0) is 9.59 Å². The molecule has 1 aliphatic rings. The van der Waals surface area contributed by atoms with Crippen LogP contribution < -0.4 is 15.4 Å². The number of rotatable bonds is 5. The van der Waals surface area contributed by atoms with Crippen LogP contribution in [-0.4, -0.2) is 29.3 Å². The largest absolute Gasteiger partial charge is 0.497 e. The lowest BCUT2D eigenvalue weighted by molar-refractivity contribution is -0.122. The lowest BCUT2D eigenvalue weighted by Crippen LogP contribution is -2.28. The minimum Gasteiger partial charge on any atom is -0.497 e. The summed E-state index contributed by atoms with van der Waals surface area (Å²) in [7, 11) is 1.59. The van der Waals surface area contributed by atoms with Gasteiger partial charge in [0.2, 0.25) is 11.8 Å². The Morgan fingerprint density at radius 1 is 1.22 bits per heavy atom. The van der Waals surface area contributed by atoms with E-state index in [0.29, 0.717) is 16.6 Å². The fourth-order valence-corrected chi connectivity index (χ4v) is 3.75. The Labute approximate surface area is 162 Å². The Hall–Kier alpha value is -2.80. The molecule has 7 heteroatoms. The molecule has 0 radical (unpaired) electrons. The highest BCUT2D eigenvalue weighted by molar-refractivity contribution is 8.15. The molecule has 0 spiro atoms. The summed E-state index contributed by atoms with van der Waals surface area (Å²) < 4.78 is 5.17. The number of aryl methyl sites for hydroxylation is 2. The summed E-state index contributed by atoms with van der Waals surface area (Å²) in [6.45, 7) is 3.89. The van der Waals surface area contributed by atoms with Gasteiger partial charge in [0.25, 0.3) is 0 Å². The molecule has 140 valence electrons. The molecule has 2 N–H and O–H groups in total. The lowest BCUT2D eigenvalue weighted by Gasteiger charge is -2.12. The average Bonchev–Trinajstić information content (AvgIpc) is 2.97. The maximum Gasteiger partial charge on any atom is 0.240 e. The maximum absolute atomic E-state index is 12.4. The van der Waals surface area contributed by atoms with Crippen LogP contribution in [0.4, 0.5) is 11.4 Å². The zero-order chi connectivity index (χ0) is 19.4. The number of hydrogen-bond donors (Lipinski definition) is 2. The maximum atomic E-state index is 12.4. The van der Waals surface area contributed by atoms with E-state index in [1.54, 1.807) is 13.2 Å². The van der Waals surface area contributed by atoms with Gasteiger partial charge in [-0.25, -0.2) is 4.99 Å².